The number of benzene rings is 1. The molecule has 0 aliphatic carbocycles. The summed E-state index contributed by atoms with van der Waals surface area (Å²) in [5, 5.41) is 9.00. The first-order valence-electron chi connectivity index (χ1n) is 3.97. The van der Waals surface area contributed by atoms with Crippen molar-refractivity contribution in [2.45, 2.75) is 6.04 Å². The van der Waals surface area contributed by atoms with Crippen molar-refractivity contribution in [1.29, 1.82) is 0 Å². The van der Waals surface area contributed by atoms with Gasteiger partial charge in [-0.2, -0.15) is 0 Å². The number of halogens is 1. The van der Waals surface area contributed by atoms with Gasteiger partial charge in [0, 0.05) is 6.04 Å². The average Bonchev–Trinajstić information content (AvgIpc) is 2.17. The zero-order valence-electron chi connectivity index (χ0n) is 7.40. The first-order chi connectivity index (χ1) is 6.56. The average molecular weight is 212 g/mol. The van der Waals surface area contributed by atoms with Crippen LogP contribution < -0.4 is 5.73 Å². The smallest absolute Gasteiger partial charge is 0.337 e. The van der Waals surface area contributed by atoms with Crippen LogP contribution in [-0.2, 0) is 0 Å². The van der Waals surface area contributed by atoms with Gasteiger partial charge in [0.15, 0.2) is 0 Å². The van der Waals surface area contributed by atoms with Crippen LogP contribution in [0, 0.1) is 0 Å². The molecular weight excluding hydrogens is 202 g/mol. The highest BCUT2D eigenvalue weighted by Gasteiger charge is 2.11. The topological polar surface area (TPSA) is 63.3 Å². The van der Waals surface area contributed by atoms with Crippen molar-refractivity contribution in [1.82, 2.24) is 0 Å². The molecule has 4 heteroatoms. The van der Waals surface area contributed by atoms with E-state index in [1.165, 1.54) is 18.2 Å². The van der Waals surface area contributed by atoms with Gasteiger partial charge in [-0.1, -0.05) is 23.7 Å². The molecule has 74 valence electrons. The van der Waals surface area contributed by atoms with Gasteiger partial charge in [0.25, 0.3) is 0 Å². The molecule has 0 saturated carbocycles. The molecule has 0 aliphatic heterocycles. The van der Waals surface area contributed by atoms with E-state index in [0.717, 1.165) is 0 Å². The van der Waals surface area contributed by atoms with Crippen molar-refractivity contribution in [3.8, 4) is 0 Å². The number of aromatic carboxylic acids is 1. The lowest BCUT2D eigenvalue weighted by atomic mass is 10.0. The Morgan fingerprint density at radius 3 is 2.79 bits per heavy atom. The Hall–Kier alpha value is -1.32. The zero-order chi connectivity index (χ0) is 10.7. The summed E-state index contributed by atoms with van der Waals surface area (Å²) in [5.74, 6) is -1.06. The van der Waals surface area contributed by atoms with Crippen LogP contribution >= 0.6 is 11.6 Å². The lowest BCUT2D eigenvalue weighted by Crippen LogP contribution is -2.08. The number of carbonyl (C=O) groups is 1. The van der Waals surface area contributed by atoms with Crippen molar-refractivity contribution in [2.24, 2.45) is 5.73 Å². The monoisotopic (exact) mass is 211 g/mol. The Balaban J connectivity index is 3.19. The second-order valence-electron chi connectivity index (χ2n) is 2.81. The molecule has 0 saturated heterocycles. The number of hydrogen-bond donors (Lipinski definition) is 2. The Kier molecular flexibility index (Phi) is 3.28. The third-order valence-corrected chi connectivity index (χ3v) is 2.19. The lowest BCUT2D eigenvalue weighted by Gasteiger charge is -2.08. The Morgan fingerprint density at radius 2 is 2.29 bits per heavy atom. The molecule has 0 aliphatic rings. The van der Waals surface area contributed by atoms with Crippen LogP contribution in [0.2, 0.25) is 5.02 Å². The van der Waals surface area contributed by atoms with Crippen molar-refractivity contribution < 1.29 is 9.90 Å². The lowest BCUT2D eigenvalue weighted by molar-refractivity contribution is 0.0697. The zero-order valence-corrected chi connectivity index (χ0v) is 8.16. The molecule has 0 radical (unpaired) electrons. The molecule has 0 bridgehead atoms. The molecule has 0 amide bonds. The van der Waals surface area contributed by atoms with Crippen LogP contribution in [0.5, 0.6) is 0 Å². The van der Waals surface area contributed by atoms with Gasteiger partial charge in [-0.3, -0.25) is 0 Å². The fraction of sp³-hybridized carbons (Fsp3) is 0.100. The van der Waals surface area contributed by atoms with Crippen LogP contribution in [0.15, 0.2) is 30.9 Å². The predicted molar refractivity (Wildman–Crippen MR) is 55.5 cm³/mol. The highest BCUT2D eigenvalue weighted by Crippen LogP contribution is 2.20. The fourth-order valence-corrected chi connectivity index (χ4v) is 1.25. The van der Waals surface area contributed by atoms with E-state index >= 15 is 0 Å². The minimum Gasteiger partial charge on any atom is -0.478 e. The summed E-state index contributed by atoms with van der Waals surface area (Å²) in [5.41, 5.74) is 6.40. The highest BCUT2D eigenvalue weighted by atomic mass is 35.5. The summed E-state index contributed by atoms with van der Waals surface area (Å²) in [6.45, 7) is 3.53. The Labute approximate surface area is 86.8 Å². The largest absolute Gasteiger partial charge is 0.478 e. The highest BCUT2D eigenvalue weighted by molar-refractivity contribution is 6.33. The molecule has 1 aromatic carbocycles. The van der Waals surface area contributed by atoms with Crippen molar-refractivity contribution in [3.05, 3.63) is 47.0 Å². The number of nitrogens with two attached hydrogens (primary N) is 1. The standard InChI is InChI=1S/C10H10ClNO2/c1-2-9(12)6-3-4-8(11)7(5-6)10(13)14/h2-5,9H,1,12H2,(H,13,14)/t9-/m0/s1. The predicted octanol–water partition coefficient (Wildman–Crippen LogP) is 2.22. The third kappa shape index (κ3) is 2.13. The third-order valence-electron chi connectivity index (χ3n) is 1.86. The number of carboxylic acid groups (broad SMARTS) is 1. The maximum atomic E-state index is 10.7. The van der Waals surface area contributed by atoms with Gasteiger partial charge in [-0.15, -0.1) is 6.58 Å². The minimum atomic E-state index is -1.06. The van der Waals surface area contributed by atoms with Crippen LogP contribution in [0.4, 0.5) is 0 Å². The Bertz CT molecular complexity index is 376. The summed E-state index contributed by atoms with van der Waals surface area (Å²) in [7, 11) is 0. The minimum absolute atomic E-state index is 0.0569. The summed E-state index contributed by atoms with van der Waals surface area (Å²) >= 11 is 5.69. The number of hydrogen-bond acceptors (Lipinski definition) is 2. The normalized spacial score (nSPS) is 12.1. The van der Waals surface area contributed by atoms with E-state index < -0.39 is 5.97 Å². The van der Waals surface area contributed by atoms with Gasteiger partial charge in [0.2, 0.25) is 0 Å². The van der Waals surface area contributed by atoms with Crippen LogP contribution in [0.25, 0.3) is 0 Å². The first kappa shape index (κ1) is 10.8. The van der Waals surface area contributed by atoms with E-state index in [9.17, 15) is 4.79 Å². The maximum absolute atomic E-state index is 10.7. The van der Waals surface area contributed by atoms with E-state index in [1.54, 1.807) is 6.07 Å². The molecule has 1 aromatic rings. The van der Waals surface area contributed by atoms with Gasteiger partial charge >= 0.3 is 5.97 Å². The van der Waals surface area contributed by atoms with Crippen molar-refractivity contribution in [3.63, 3.8) is 0 Å². The van der Waals surface area contributed by atoms with E-state index in [1.807, 2.05) is 0 Å². The van der Waals surface area contributed by atoms with Gasteiger partial charge < -0.3 is 10.8 Å². The van der Waals surface area contributed by atoms with E-state index in [4.69, 9.17) is 22.4 Å². The van der Waals surface area contributed by atoms with Gasteiger partial charge in [-0.05, 0) is 17.7 Å². The molecule has 1 rings (SSSR count). The van der Waals surface area contributed by atoms with Crippen LogP contribution in [0.1, 0.15) is 22.0 Å². The molecule has 1 atom stereocenters. The number of rotatable bonds is 3. The van der Waals surface area contributed by atoms with Crippen LogP contribution in [0.3, 0.4) is 0 Å². The quantitative estimate of drug-likeness (QED) is 0.754. The molecule has 0 unspecified atom stereocenters. The first-order valence-corrected chi connectivity index (χ1v) is 4.35. The fourth-order valence-electron chi connectivity index (χ4n) is 1.05. The summed E-state index contributed by atoms with van der Waals surface area (Å²) < 4.78 is 0. The molecule has 0 aromatic heterocycles. The van der Waals surface area contributed by atoms with Gasteiger partial charge in [0.05, 0.1) is 10.6 Å². The molecule has 3 nitrogen and oxygen atoms in total. The van der Waals surface area contributed by atoms with E-state index in [-0.39, 0.29) is 16.6 Å². The van der Waals surface area contributed by atoms with Crippen molar-refractivity contribution >= 4 is 17.6 Å². The second kappa shape index (κ2) is 4.26. The SMILES string of the molecule is C=C[C@H](N)c1ccc(Cl)c(C(=O)O)c1. The summed E-state index contributed by atoms with van der Waals surface area (Å²) in [4.78, 5) is 10.7. The van der Waals surface area contributed by atoms with Gasteiger partial charge in [-0.25, -0.2) is 4.79 Å². The maximum Gasteiger partial charge on any atom is 0.337 e. The number of carboxylic acids is 1. The summed E-state index contributed by atoms with van der Waals surface area (Å²) in [6.07, 6.45) is 1.54. The van der Waals surface area contributed by atoms with E-state index in [2.05, 4.69) is 6.58 Å². The van der Waals surface area contributed by atoms with Crippen LogP contribution in [-0.4, -0.2) is 11.1 Å². The molecule has 0 heterocycles. The molecule has 0 spiro atoms. The summed E-state index contributed by atoms with van der Waals surface area (Å²) in [6, 6.07) is 4.28. The molecule has 14 heavy (non-hydrogen) atoms. The van der Waals surface area contributed by atoms with Crippen molar-refractivity contribution in [2.75, 3.05) is 0 Å². The van der Waals surface area contributed by atoms with E-state index in [0.29, 0.717) is 5.56 Å². The molecular formula is C10H10ClNO2. The Morgan fingerprint density at radius 1 is 1.64 bits per heavy atom. The molecule has 0 fully saturated rings. The van der Waals surface area contributed by atoms with Gasteiger partial charge in [0.1, 0.15) is 0 Å². The second-order valence-corrected chi connectivity index (χ2v) is 3.21. The molecule has 3 N–H and O–H groups in total.